The molecule has 104 valence electrons. The van der Waals surface area contributed by atoms with Crippen LogP contribution in [0.5, 0.6) is 0 Å². The third-order valence-electron chi connectivity index (χ3n) is 3.78. The van der Waals surface area contributed by atoms with Crippen LogP contribution in [-0.2, 0) is 11.2 Å². The number of anilines is 1. The van der Waals surface area contributed by atoms with Crippen LogP contribution in [0.4, 0.5) is 5.69 Å². The molecule has 2 atom stereocenters. The smallest absolute Gasteiger partial charge is 0.223 e. The number of rotatable bonds is 4. The lowest BCUT2D eigenvalue weighted by molar-refractivity contribution is -0.126. The number of nitrogens with one attached hydrogen (secondary N) is 1. The summed E-state index contributed by atoms with van der Waals surface area (Å²) in [6.07, 6.45) is 4.76. The molecule has 2 rings (SSSR count). The molecule has 4 heteroatoms. The fraction of sp³-hybridized carbons (Fsp3) is 0.533. The molecule has 0 spiro atoms. The van der Waals surface area contributed by atoms with Crippen LogP contribution in [0, 0.1) is 5.92 Å². The molecule has 1 saturated carbocycles. The Bertz CT molecular complexity index is 416. The molecule has 1 amide bonds. The Balaban J connectivity index is 1.73. The van der Waals surface area contributed by atoms with E-state index in [1.807, 2.05) is 24.3 Å². The summed E-state index contributed by atoms with van der Waals surface area (Å²) >= 11 is 0. The number of hydrogen-bond acceptors (Lipinski definition) is 3. The van der Waals surface area contributed by atoms with Crippen LogP contribution < -0.4 is 16.8 Å². The summed E-state index contributed by atoms with van der Waals surface area (Å²) in [5.74, 6) is 0.265. The second kappa shape index (κ2) is 6.57. The van der Waals surface area contributed by atoms with E-state index in [2.05, 4.69) is 5.32 Å². The van der Waals surface area contributed by atoms with Gasteiger partial charge in [0.25, 0.3) is 0 Å². The van der Waals surface area contributed by atoms with Gasteiger partial charge in [0.05, 0.1) is 0 Å². The summed E-state index contributed by atoms with van der Waals surface area (Å²) in [6, 6.07) is 7.96. The molecule has 0 aliphatic heterocycles. The molecule has 0 heterocycles. The van der Waals surface area contributed by atoms with Crippen LogP contribution in [0.15, 0.2) is 24.3 Å². The molecule has 1 aliphatic carbocycles. The highest BCUT2D eigenvalue weighted by Gasteiger charge is 2.24. The number of carbonyl (C=O) groups is 1. The van der Waals surface area contributed by atoms with Gasteiger partial charge >= 0.3 is 0 Å². The minimum Gasteiger partial charge on any atom is -0.399 e. The fourth-order valence-corrected chi connectivity index (χ4v) is 2.62. The molecule has 4 nitrogen and oxygen atoms in total. The Labute approximate surface area is 114 Å². The van der Waals surface area contributed by atoms with Gasteiger partial charge in [-0.15, -0.1) is 0 Å². The van der Waals surface area contributed by atoms with Gasteiger partial charge in [-0.3, -0.25) is 4.79 Å². The predicted molar refractivity (Wildman–Crippen MR) is 77.5 cm³/mol. The van der Waals surface area contributed by atoms with Gasteiger partial charge in [-0.05, 0) is 43.4 Å². The second-order valence-corrected chi connectivity index (χ2v) is 5.41. The van der Waals surface area contributed by atoms with Crippen molar-refractivity contribution >= 4 is 11.6 Å². The summed E-state index contributed by atoms with van der Waals surface area (Å²) in [5.41, 5.74) is 13.5. The number of amides is 1. The van der Waals surface area contributed by atoms with Crippen molar-refractivity contribution in [2.24, 2.45) is 11.7 Å². The van der Waals surface area contributed by atoms with E-state index < -0.39 is 0 Å². The van der Waals surface area contributed by atoms with Crippen LogP contribution in [-0.4, -0.2) is 18.5 Å². The van der Waals surface area contributed by atoms with Crippen molar-refractivity contribution < 1.29 is 4.79 Å². The Morgan fingerprint density at radius 1 is 1.26 bits per heavy atom. The summed E-state index contributed by atoms with van der Waals surface area (Å²) in [4.78, 5) is 12.0. The van der Waals surface area contributed by atoms with Gasteiger partial charge in [-0.2, -0.15) is 0 Å². The lowest BCUT2D eigenvalue weighted by atomic mass is 9.85. The van der Waals surface area contributed by atoms with Crippen molar-refractivity contribution in [2.75, 3.05) is 12.3 Å². The van der Waals surface area contributed by atoms with Crippen molar-refractivity contribution in [1.29, 1.82) is 0 Å². The van der Waals surface area contributed by atoms with Gasteiger partial charge in [0.15, 0.2) is 0 Å². The Kier molecular flexibility index (Phi) is 4.80. The Hall–Kier alpha value is -1.55. The van der Waals surface area contributed by atoms with Crippen molar-refractivity contribution in [3.63, 3.8) is 0 Å². The molecule has 1 aromatic rings. The van der Waals surface area contributed by atoms with E-state index in [1.54, 1.807) is 0 Å². The summed E-state index contributed by atoms with van der Waals surface area (Å²) in [7, 11) is 0. The van der Waals surface area contributed by atoms with Crippen molar-refractivity contribution in [1.82, 2.24) is 5.32 Å². The molecular formula is C15H23N3O. The second-order valence-electron chi connectivity index (χ2n) is 5.41. The molecule has 1 aromatic carbocycles. The highest BCUT2D eigenvalue weighted by molar-refractivity contribution is 5.78. The summed E-state index contributed by atoms with van der Waals surface area (Å²) < 4.78 is 0. The van der Waals surface area contributed by atoms with Crippen LogP contribution >= 0.6 is 0 Å². The van der Waals surface area contributed by atoms with Crippen LogP contribution in [0.25, 0.3) is 0 Å². The third kappa shape index (κ3) is 4.24. The first-order valence-corrected chi connectivity index (χ1v) is 7.03. The van der Waals surface area contributed by atoms with Gasteiger partial charge in [-0.25, -0.2) is 0 Å². The van der Waals surface area contributed by atoms with Gasteiger partial charge in [0, 0.05) is 24.2 Å². The Morgan fingerprint density at radius 2 is 2.00 bits per heavy atom. The molecule has 19 heavy (non-hydrogen) atoms. The molecule has 0 aromatic heterocycles. The number of carbonyl (C=O) groups excluding carboxylic acids is 1. The maximum Gasteiger partial charge on any atom is 0.223 e. The summed E-state index contributed by atoms with van der Waals surface area (Å²) in [5, 5.41) is 3.01. The number of nitrogen functional groups attached to an aromatic ring is 1. The zero-order valence-corrected chi connectivity index (χ0v) is 11.3. The SMILES string of the molecule is Nc1ccc(CCNC(=O)C2CCCC(N)C2)cc1. The standard InChI is InChI=1S/C15H23N3O/c16-13-6-4-11(5-7-13)8-9-18-15(19)12-2-1-3-14(17)10-12/h4-7,12,14H,1-3,8-10,16-17H2,(H,18,19). The Morgan fingerprint density at radius 3 is 2.68 bits per heavy atom. The largest absolute Gasteiger partial charge is 0.399 e. The molecule has 0 radical (unpaired) electrons. The van der Waals surface area contributed by atoms with E-state index in [0.717, 1.165) is 37.8 Å². The average molecular weight is 261 g/mol. The van der Waals surface area contributed by atoms with E-state index in [9.17, 15) is 4.79 Å². The molecular weight excluding hydrogens is 238 g/mol. The van der Waals surface area contributed by atoms with E-state index in [1.165, 1.54) is 5.56 Å². The first kappa shape index (κ1) is 13.9. The normalized spacial score (nSPS) is 23.0. The van der Waals surface area contributed by atoms with E-state index in [0.29, 0.717) is 6.54 Å². The first-order chi connectivity index (χ1) is 9.15. The molecule has 0 bridgehead atoms. The van der Waals surface area contributed by atoms with Gasteiger partial charge in [-0.1, -0.05) is 18.6 Å². The van der Waals surface area contributed by atoms with Gasteiger partial charge in [0.2, 0.25) is 5.91 Å². The first-order valence-electron chi connectivity index (χ1n) is 7.03. The molecule has 5 N–H and O–H groups in total. The topological polar surface area (TPSA) is 81.1 Å². The van der Waals surface area contributed by atoms with Crippen molar-refractivity contribution in [3.8, 4) is 0 Å². The number of benzene rings is 1. The minimum atomic E-state index is 0.107. The van der Waals surface area contributed by atoms with Crippen molar-refractivity contribution in [2.45, 2.75) is 38.1 Å². The molecule has 1 aliphatic rings. The molecule has 0 saturated heterocycles. The minimum absolute atomic E-state index is 0.107. The van der Waals surface area contributed by atoms with E-state index in [4.69, 9.17) is 11.5 Å². The monoisotopic (exact) mass is 261 g/mol. The zero-order chi connectivity index (χ0) is 13.7. The lowest BCUT2D eigenvalue weighted by Gasteiger charge is -2.25. The maximum absolute atomic E-state index is 12.0. The maximum atomic E-state index is 12.0. The highest BCUT2D eigenvalue weighted by atomic mass is 16.1. The van der Waals surface area contributed by atoms with Crippen LogP contribution in [0.3, 0.4) is 0 Å². The van der Waals surface area contributed by atoms with Crippen molar-refractivity contribution in [3.05, 3.63) is 29.8 Å². The quantitative estimate of drug-likeness (QED) is 0.717. The zero-order valence-electron chi connectivity index (χ0n) is 11.3. The molecule has 1 fully saturated rings. The van der Waals surface area contributed by atoms with Gasteiger partial charge in [0.1, 0.15) is 0 Å². The lowest BCUT2D eigenvalue weighted by Crippen LogP contribution is -2.38. The number of hydrogen-bond donors (Lipinski definition) is 3. The van der Waals surface area contributed by atoms with Crippen LogP contribution in [0.1, 0.15) is 31.2 Å². The van der Waals surface area contributed by atoms with Crippen LogP contribution in [0.2, 0.25) is 0 Å². The molecule has 2 unspecified atom stereocenters. The summed E-state index contributed by atoms with van der Waals surface area (Å²) in [6.45, 7) is 0.675. The highest BCUT2D eigenvalue weighted by Crippen LogP contribution is 2.23. The number of nitrogens with two attached hydrogens (primary N) is 2. The predicted octanol–water partition coefficient (Wildman–Crippen LogP) is 1.44. The third-order valence-corrected chi connectivity index (χ3v) is 3.78. The van der Waals surface area contributed by atoms with E-state index >= 15 is 0 Å². The average Bonchev–Trinajstić information content (AvgIpc) is 2.41. The van der Waals surface area contributed by atoms with E-state index in [-0.39, 0.29) is 17.9 Å². The van der Waals surface area contributed by atoms with Gasteiger partial charge < -0.3 is 16.8 Å². The fourth-order valence-electron chi connectivity index (χ4n) is 2.62.